The van der Waals surface area contributed by atoms with Crippen LogP contribution < -0.4 is 0 Å². The summed E-state index contributed by atoms with van der Waals surface area (Å²) in [5.74, 6) is 0. The second-order valence-electron chi connectivity index (χ2n) is 6.84. The van der Waals surface area contributed by atoms with E-state index >= 15 is 0 Å². The van der Waals surface area contributed by atoms with Gasteiger partial charge in [-0.05, 0) is 38.8 Å². The zero-order valence-corrected chi connectivity index (χ0v) is 13.8. The van der Waals surface area contributed by atoms with Gasteiger partial charge in [0.05, 0.1) is 12.6 Å². The normalized spacial score (nSPS) is 14.4. The van der Waals surface area contributed by atoms with Crippen LogP contribution in [-0.2, 0) is 24.2 Å². The van der Waals surface area contributed by atoms with Crippen molar-refractivity contribution in [1.29, 1.82) is 5.26 Å². The highest BCUT2D eigenvalue weighted by molar-refractivity contribution is 5.86. The second kappa shape index (κ2) is 5.62. The molecule has 23 heavy (non-hydrogen) atoms. The molecular formula is C18H21N3O2. The summed E-state index contributed by atoms with van der Waals surface area (Å²) in [5, 5.41) is 10.3. The van der Waals surface area contributed by atoms with Gasteiger partial charge in [-0.3, -0.25) is 0 Å². The summed E-state index contributed by atoms with van der Waals surface area (Å²) >= 11 is 0. The standard InChI is InChI=1S/C18H21N3O2/c1-18(2,3)23-17(22)20-10-8-14-13-6-4-5-7-15(13)21(11-9-19)16(14)12-20/h4-7H,8,10-12H2,1-3H3. The molecule has 0 atom stereocenters. The number of nitriles is 1. The van der Waals surface area contributed by atoms with Crippen LogP contribution in [0, 0.1) is 11.3 Å². The number of hydrogen-bond acceptors (Lipinski definition) is 3. The fourth-order valence-corrected chi connectivity index (χ4v) is 3.13. The zero-order valence-electron chi connectivity index (χ0n) is 13.8. The molecule has 3 rings (SSSR count). The van der Waals surface area contributed by atoms with Crippen LogP contribution in [0.5, 0.6) is 0 Å². The molecule has 0 unspecified atom stereocenters. The van der Waals surface area contributed by atoms with Gasteiger partial charge >= 0.3 is 6.09 Å². The van der Waals surface area contributed by atoms with Gasteiger partial charge in [-0.25, -0.2) is 4.79 Å². The first-order chi connectivity index (χ1) is 10.9. The lowest BCUT2D eigenvalue weighted by molar-refractivity contribution is 0.0220. The number of hydrogen-bond donors (Lipinski definition) is 0. The van der Waals surface area contributed by atoms with E-state index in [4.69, 9.17) is 10.00 Å². The Kier molecular flexibility index (Phi) is 3.77. The van der Waals surface area contributed by atoms with E-state index in [9.17, 15) is 4.79 Å². The van der Waals surface area contributed by atoms with Crippen LogP contribution >= 0.6 is 0 Å². The number of benzene rings is 1. The Morgan fingerprint density at radius 3 is 2.78 bits per heavy atom. The number of carbonyl (C=O) groups is 1. The Morgan fingerprint density at radius 2 is 2.09 bits per heavy atom. The highest BCUT2D eigenvalue weighted by atomic mass is 16.6. The van der Waals surface area contributed by atoms with Crippen LogP contribution in [0.3, 0.4) is 0 Å². The summed E-state index contributed by atoms with van der Waals surface area (Å²) in [6.07, 6.45) is 0.491. The van der Waals surface area contributed by atoms with Crippen molar-refractivity contribution in [3.63, 3.8) is 0 Å². The number of aromatic nitrogens is 1. The van der Waals surface area contributed by atoms with Crippen LogP contribution in [0.2, 0.25) is 0 Å². The lowest BCUT2D eigenvalue weighted by Gasteiger charge is -2.30. The topological polar surface area (TPSA) is 58.3 Å². The lowest BCUT2D eigenvalue weighted by atomic mass is 10.0. The van der Waals surface area contributed by atoms with Gasteiger partial charge in [0.1, 0.15) is 12.1 Å². The van der Waals surface area contributed by atoms with Gasteiger partial charge in [0, 0.05) is 23.1 Å². The van der Waals surface area contributed by atoms with Crippen LogP contribution in [-0.4, -0.2) is 27.7 Å². The monoisotopic (exact) mass is 311 g/mol. The third-order valence-electron chi connectivity index (χ3n) is 4.05. The van der Waals surface area contributed by atoms with Crippen molar-refractivity contribution in [3.8, 4) is 6.07 Å². The smallest absolute Gasteiger partial charge is 0.410 e. The molecule has 2 aromatic rings. The molecule has 5 heteroatoms. The van der Waals surface area contributed by atoms with Crippen molar-refractivity contribution in [1.82, 2.24) is 9.47 Å². The zero-order chi connectivity index (χ0) is 16.6. The molecule has 1 aromatic heterocycles. The van der Waals surface area contributed by atoms with Crippen LogP contribution in [0.4, 0.5) is 4.79 Å². The van der Waals surface area contributed by atoms with E-state index in [1.54, 1.807) is 4.90 Å². The maximum Gasteiger partial charge on any atom is 0.410 e. The van der Waals surface area contributed by atoms with Gasteiger partial charge < -0.3 is 14.2 Å². The maximum atomic E-state index is 12.3. The minimum Gasteiger partial charge on any atom is -0.444 e. The number of rotatable bonds is 1. The Hall–Kier alpha value is -2.48. The van der Waals surface area contributed by atoms with Crippen LogP contribution in [0.15, 0.2) is 24.3 Å². The van der Waals surface area contributed by atoms with Crippen molar-refractivity contribution in [2.24, 2.45) is 0 Å². The Labute approximate surface area is 136 Å². The SMILES string of the molecule is CC(C)(C)OC(=O)N1CCc2c(n(CC#N)c3ccccc23)C1. The molecule has 120 valence electrons. The minimum atomic E-state index is -0.503. The molecule has 1 aliphatic rings. The molecule has 0 saturated heterocycles. The van der Waals surface area contributed by atoms with Crippen molar-refractivity contribution >= 4 is 17.0 Å². The van der Waals surface area contributed by atoms with Gasteiger partial charge in [-0.15, -0.1) is 0 Å². The summed E-state index contributed by atoms with van der Waals surface area (Å²) in [7, 11) is 0. The summed E-state index contributed by atoms with van der Waals surface area (Å²) < 4.78 is 7.49. The van der Waals surface area contributed by atoms with E-state index in [1.165, 1.54) is 10.9 Å². The summed E-state index contributed by atoms with van der Waals surface area (Å²) in [6.45, 7) is 7.02. The molecular weight excluding hydrogens is 290 g/mol. The van der Waals surface area contributed by atoms with Crippen molar-refractivity contribution in [3.05, 3.63) is 35.5 Å². The fraction of sp³-hybridized carbons (Fsp3) is 0.444. The van der Waals surface area contributed by atoms with Crippen molar-refractivity contribution < 1.29 is 9.53 Å². The number of amides is 1. The van der Waals surface area contributed by atoms with E-state index in [-0.39, 0.29) is 12.6 Å². The molecule has 5 nitrogen and oxygen atoms in total. The van der Waals surface area contributed by atoms with E-state index in [0.29, 0.717) is 13.1 Å². The number of ether oxygens (including phenoxy) is 1. The van der Waals surface area contributed by atoms with Crippen LogP contribution in [0.1, 0.15) is 32.0 Å². The quantitative estimate of drug-likeness (QED) is 0.810. The van der Waals surface area contributed by atoms with E-state index in [1.807, 2.05) is 43.5 Å². The van der Waals surface area contributed by atoms with Gasteiger partial charge in [0.25, 0.3) is 0 Å². The molecule has 0 aliphatic carbocycles. The van der Waals surface area contributed by atoms with Gasteiger partial charge in [-0.1, -0.05) is 18.2 Å². The average Bonchev–Trinajstić information content (AvgIpc) is 2.80. The molecule has 1 aromatic carbocycles. The first-order valence-electron chi connectivity index (χ1n) is 7.84. The molecule has 0 radical (unpaired) electrons. The minimum absolute atomic E-state index is 0.290. The first kappa shape index (κ1) is 15.4. The third kappa shape index (κ3) is 2.89. The lowest BCUT2D eigenvalue weighted by Crippen LogP contribution is -2.40. The highest BCUT2D eigenvalue weighted by Gasteiger charge is 2.29. The number of para-hydroxylation sites is 1. The van der Waals surface area contributed by atoms with E-state index in [2.05, 4.69) is 12.1 Å². The third-order valence-corrected chi connectivity index (χ3v) is 4.05. The molecule has 0 fully saturated rings. The Bertz CT molecular complexity index is 793. The van der Waals surface area contributed by atoms with Gasteiger partial charge in [0.15, 0.2) is 0 Å². The molecule has 0 spiro atoms. The summed E-state index contributed by atoms with van der Waals surface area (Å²) in [4.78, 5) is 14.1. The van der Waals surface area contributed by atoms with Crippen molar-refractivity contribution in [2.45, 2.75) is 45.9 Å². The molecule has 2 heterocycles. The molecule has 0 saturated carbocycles. The fourth-order valence-electron chi connectivity index (χ4n) is 3.13. The van der Waals surface area contributed by atoms with Gasteiger partial charge in [0.2, 0.25) is 0 Å². The Balaban J connectivity index is 1.97. The van der Waals surface area contributed by atoms with Gasteiger partial charge in [-0.2, -0.15) is 5.26 Å². The molecule has 1 amide bonds. The number of nitrogens with zero attached hydrogens (tertiary/aromatic N) is 3. The molecule has 0 bridgehead atoms. The van der Waals surface area contributed by atoms with Crippen molar-refractivity contribution in [2.75, 3.05) is 6.54 Å². The predicted octanol–water partition coefficient (Wildman–Crippen LogP) is 3.46. The molecule has 1 aliphatic heterocycles. The number of fused-ring (bicyclic) bond motifs is 3. The largest absolute Gasteiger partial charge is 0.444 e. The molecule has 0 N–H and O–H groups in total. The average molecular weight is 311 g/mol. The Morgan fingerprint density at radius 1 is 1.35 bits per heavy atom. The summed E-state index contributed by atoms with van der Waals surface area (Å²) in [6, 6.07) is 10.3. The highest BCUT2D eigenvalue weighted by Crippen LogP contribution is 2.31. The number of carbonyl (C=O) groups excluding carboxylic acids is 1. The predicted molar refractivity (Wildman–Crippen MR) is 87.9 cm³/mol. The maximum absolute atomic E-state index is 12.3. The summed E-state index contributed by atoms with van der Waals surface area (Å²) in [5.41, 5.74) is 2.85. The van der Waals surface area contributed by atoms with Crippen LogP contribution in [0.25, 0.3) is 10.9 Å². The first-order valence-corrected chi connectivity index (χ1v) is 7.84. The second-order valence-corrected chi connectivity index (χ2v) is 6.84. The van der Waals surface area contributed by atoms with E-state index in [0.717, 1.165) is 17.6 Å². The van der Waals surface area contributed by atoms with E-state index < -0.39 is 5.60 Å².